The molecule has 3 rings (SSSR count). The fraction of sp³-hybridized carbons (Fsp3) is 0.200. The van der Waals surface area contributed by atoms with E-state index >= 15 is 0 Å². The van der Waals surface area contributed by atoms with E-state index in [-0.39, 0.29) is 17.2 Å². The highest BCUT2D eigenvalue weighted by Gasteiger charge is 2.26. The third-order valence-corrected chi connectivity index (χ3v) is 3.73. The highest BCUT2D eigenvalue weighted by Crippen LogP contribution is 2.30. The number of esters is 1. The molecule has 1 aliphatic heterocycles. The van der Waals surface area contributed by atoms with Crippen molar-refractivity contribution in [3.8, 4) is 11.5 Å². The predicted molar refractivity (Wildman–Crippen MR) is 95.7 cm³/mol. The Labute approximate surface area is 154 Å². The van der Waals surface area contributed by atoms with Crippen molar-refractivity contribution in [2.75, 3.05) is 13.7 Å². The van der Waals surface area contributed by atoms with Crippen molar-refractivity contribution in [2.24, 2.45) is 4.99 Å². The number of aliphatic imine (C=N–C) groups is 1. The van der Waals surface area contributed by atoms with E-state index in [1.165, 1.54) is 19.3 Å². The quantitative estimate of drug-likeness (QED) is 0.565. The molecule has 2 aromatic rings. The number of nitrogens with zero attached hydrogens (tertiary/aromatic N) is 1. The molecule has 1 aliphatic rings. The second-order valence-corrected chi connectivity index (χ2v) is 5.72. The first-order chi connectivity index (χ1) is 13.0. The first kappa shape index (κ1) is 18.6. The minimum Gasteiger partial charge on any atom is -0.493 e. The summed E-state index contributed by atoms with van der Waals surface area (Å²) in [7, 11) is 1.54. The zero-order valence-corrected chi connectivity index (χ0v) is 14.8. The lowest BCUT2D eigenvalue weighted by Gasteiger charge is -2.10. The second kappa shape index (κ2) is 7.99. The molecule has 2 aromatic carbocycles. The lowest BCUT2D eigenvalue weighted by molar-refractivity contribution is -0.129. The molecule has 0 aliphatic carbocycles. The molecule has 0 spiro atoms. The van der Waals surface area contributed by atoms with Gasteiger partial charge >= 0.3 is 5.97 Å². The van der Waals surface area contributed by atoms with Crippen LogP contribution in [0.5, 0.6) is 11.5 Å². The predicted octanol–water partition coefficient (Wildman–Crippen LogP) is 4.11. The molecule has 0 saturated heterocycles. The van der Waals surface area contributed by atoms with Gasteiger partial charge in [0.25, 0.3) is 0 Å². The molecule has 1 heterocycles. The van der Waals surface area contributed by atoms with Crippen LogP contribution < -0.4 is 9.47 Å². The van der Waals surface area contributed by atoms with Crippen LogP contribution >= 0.6 is 0 Å². The summed E-state index contributed by atoms with van der Waals surface area (Å²) in [5.74, 6) is -1.41. The van der Waals surface area contributed by atoms with E-state index in [1.807, 2.05) is 6.92 Å². The summed E-state index contributed by atoms with van der Waals surface area (Å²) in [6.07, 6.45) is 2.33. The van der Waals surface area contributed by atoms with Gasteiger partial charge in [-0.05, 0) is 42.3 Å². The standard InChI is InChI=1S/C20H17F2NO4/c1-3-8-26-18-10-12(4-7-17(18)25-2)9-16-20(24)27-19(23-16)14-6-5-13(21)11-15(14)22/h4-7,9-11H,3,8H2,1-2H3/b16-9-. The number of hydrogen-bond donors (Lipinski definition) is 0. The molecule has 27 heavy (non-hydrogen) atoms. The molecule has 0 N–H and O–H groups in total. The molecule has 0 bridgehead atoms. The van der Waals surface area contributed by atoms with Crippen LogP contribution in [-0.2, 0) is 9.53 Å². The van der Waals surface area contributed by atoms with Gasteiger partial charge in [0.1, 0.15) is 11.6 Å². The van der Waals surface area contributed by atoms with Crippen molar-refractivity contribution < 1.29 is 27.8 Å². The summed E-state index contributed by atoms with van der Waals surface area (Å²) in [5.41, 5.74) is 0.550. The molecule has 0 unspecified atom stereocenters. The number of rotatable bonds is 6. The number of carbonyl (C=O) groups excluding carboxylic acids is 1. The lowest BCUT2D eigenvalue weighted by Crippen LogP contribution is -2.07. The Morgan fingerprint density at radius 3 is 2.67 bits per heavy atom. The van der Waals surface area contributed by atoms with Crippen LogP contribution in [0.1, 0.15) is 24.5 Å². The molecule has 0 fully saturated rings. The van der Waals surface area contributed by atoms with Crippen LogP contribution in [0.3, 0.4) is 0 Å². The Morgan fingerprint density at radius 1 is 1.15 bits per heavy atom. The van der Waals surface area contributed by atoms with E-state index in [0.29, 0.717) is 29.7 Å². The largest absolute Gasteiger partial charge is 0.493 e. The van der Waals surface area contributed by atoms with Crippen molar-refractivity contribution in [2.45, 2.75) is 13.3 Å². The van der Waals surface area contributed by atoms with Crippen molar-refractivity contribution in [1.82, 2.24) is 0 Å². The molecule has 0 atom stereocenters. The fourth-order valence-electron chi connectivity index (χ4n) is 2.45. The van der Waals surface area contributed by atoms with Gasteiger partial charge in [-0.3, -0.25) is 0 Å². The van der Waals surface area contributed by atoms with E-state index in [4.69, 9.17) is 14.2 Å². The van der Waals surface area contributed by atoms with Gasteiger partial charge in [-0.2, -0.15) is 0 Å². The number of methoxy groups -OCH3 is 1. The third kappa shape index (κ3) is 4.13. The minimum atomic E-state index is -0.859. The number of ether oxygens (including phenoxy) is 3. The molecule has 0 aromatic heterocycles. The van der Waals surface area contributed by atoms with Crippen LogP contribution in [0.25, 0.3) is 6.08 Å². The number of hydrogen-bond acceptors (Lipinski definition) is 5. The van der Waals surface area contributed by atoms with E-state index in [0.717, 1.165) is 12.5 Å². The Kier molecular flexibility index (Phi) is 5.49. The van der Waals surface area contributed by atoms with Gasteiger partial charge in [0.15, 0.2) is 17.2 Å². The molecule has 140 valence electrons. The van der Waals surface area contributed by atoms with E-state index in [1.54, 1.807) is 18.2 Å². The molecule has 0 saturated carbocycles. The van der Waals surface area contributed by atoms with Gasteiger partial charge in [0.05, 0.1) is 19.3 Å². The normalized spacial score (nSPS) is 14.9. The lowest BCUT2D eigenvalue weighted by atomic mass is 10.1. The fourth-order valence-corrected chi connectivity index (χ4v) is 2.45. The maximum absolute atomic E-state index is 13.9. The molecule has 0 amide bonds. The Hall–Kier alpha value is -3.22. The van der Waals surface area contributed by atoms with Gasteiger partial charge < -0.3 is 14.2 Å². The topological polar surface area (TPSA) is 57.1 Å². The molecule has 0 radical (unpaired) electrons. The van der Waals surface area contributed by atoms with Crippen molar-refractivity contribution in [3.63, 3.8) is 0 Å². The summed E-state index contributed by atoms with van der Waals surface area (Å²) >= 11 is 0. The molecular weight excluding hydrogens is 356 g/mol. The number of halogens is 2. The maximum atomic E-state index is 13.9. The van der Waals surface area contributed by atoms with Crippen molar-refractivity contribution in [3.05, 3.63) is 64.9 Å². The number of cyclic esters (lactones) is 1. The molecular formula is C20H17F2NO4. The zero-order valence-electron chi connectivity index (χ0n) is 14.8. The van der Waals surface area contributed by atoms with Crippen LogP contribution in [0.4, 0.5) is 8.78 Å². The minimum absolute atomic E-state index is 0.000309. The monoisotopic (exact) mass is 373 g/mol. The van der Waals surface area contributed by atoms with E-state index in [9.17, 15) is 13.6 Å². The third-order valence-electron chi connectivity index (χ3n) is 3.73. The Morgan fingerprint density at radius 2 is 1.96 bits per heavy atom. The van der Waals surface area contributed by atoms with Crippen molar-refractivity contribution in [1.29, 1.82) is 0 Å². The average Bonchev–Trinajstić information content (AvgIpc) is 3.00. The average molecular weight is 373 g/mol. The first-order valence-corrected chi connectivity index (χ1v) is 8.30. The van der Waals surface area contributed by atoms with Crippen LogP contribution in [0.2, 0.25) is 0 Å². The maximum Gasteiger partial charge on any atom is 0.363 e. The zero-order chi connectivity index (χ0) is 19.4. The summed E-state index contributed by atoms with van der Waals surface area (Å²) in [6, 6.07) is 8.09. The SMILES string of the molecule is CCCOc1cc(/C=C2\N=C(c3ccc(F)cc3F)OC2=O)ccc1OC. The van der Waals surface area contributed by atoms with Crippen LogP contribution in [-0.4, -0.2) is 25.6 Å². The summed E-state index contributed by atoms with van der Waals surface area (Å²) in [4.78, 5) is 16.1. The first-order valence-electron chi connectivity index (χ1n) is 8.30. The van der Waals surface area contributed by atoms with Crippen LogP contribution in [0, 0.1) is 11.6 Å². The van der Waals surface area contributed by atoms with Crippen LogP contribution in [0.15, 0.2) is 47.1 Å². The highest BCUT2D eigenvalue weighted by molar-refractivity contribution is 6.12. The number of carbonyl (C=O) groups is 1. The Balaban J connectivity index is 1.92. The smallest absolute Gasteiger partial charge is 0.363 e. The number of benzene rings is 2. The van der Waals surface area contributed by atoms with Gasteiger partial charge in [0.2, 0.25) is 5.90 Å². The molecule has 5 nitrogen and oxygen atoms in total. The summed E-state index contributed by atoms with van der Waals surface area (Å²) in [6.45, 7) is 2.50. The van der Waals surface area contributed by atoms with Gasteiger partial charge in [-0.15, -0.1) is 0 Å². The van der Waals surface area contributed by atoms with Gasteiger partial charge in [-0.1, -0.05) is 13.0 Å². The highest BCUT2D eigenvalue weighted by atomic mass is 19.1. The van der Waals surface area contributed by atoms with E-state index in [2.05, 4.69) is 4.99 Å². The molecule has 7 heteroatoms. The second-order valence-electron chi connectivity index (χ2n) is 5.72. The summed E-state index contributed by atoms with van der Waals surface area (Å²) < 4.78 is 42.8. The van der Waals surface area contributed by atoms with Gasteiger partial charge in [-0.25, -0.2) is 18.6 Å². The van der Waals surface area contributed by atoms with Gasteiger partial charge in [0, 0.05) is 6.07 Å². The van der Waals surface area contributed by atoms with Crippen molar-refractivity contribution >= 4 is 17.9 Å². The Bertz CT molecular complexity index is 938. The summed E-state index contributed by atoms with van der Waals surface area (Å²) in [5, 5.41) is 0. The van der Waals surface area contributed by atoms with E-state index < -0.39 is 17.6 Å².